The van der Waals surface area contributed by atoms with Crippen LogP contribution < -0.4 is 10.6 Å². The van der Waals surface area contributed by atoms with E-state index in [-0.39, 0.29) is 0 Å². The summed E-state index contributed by atoms with van der Waals surface area (Å²) >= 11 is 3.40. The Hall–Kier alpha value is -1.69. The first-order valence-electron chi connectivity index (χ1n) is 6.16. The Bertz CT molecular complexity index is 529. The summed E-state index contributed by atoms with van der Waals surface area (Å²) in [7, 11) is 0. The van der Waals surface area contributed by atoms with Gasteiger partial charge in [0, 0.05) is 16.2 Å². The minimum atomic E-state index is 0.359. The Kier molecular flexibility index (Phi) is 4.68. The minimum Gasteiger partial charge on any atom is -0.366 e. The molecular formula is C13H16BrN5. The van der Waals surface area contributed by atoms with Gasteiger partial charge in [0.25, 0.3) is 0 Å². The maximum atomic E-state index is 4.37. The number of nitrogens with zero attached hydrogens (tertiary/aromatic N) is 3. The number of anilines is 3. The number of hydrogen-bond donors (Lipinski definition) is 2. The standard InChI is InChI=1S/C13H16BrN5/c1-3-9(2)16-12-8-15-19-13(18-12)17-11-6-4-10(14)5-7-11/h4-9H,3H2,1-2H3,(H2,16,17,18,19). The Morgan fingerprint density at radius 1 is 1.26 bits per heavy atom. The zero-order valence-corrected chi connectivity index (χ0v) is 12.5. The van der Waals surface area contributed by atoms with Crippen LogP contribution in [0.2, 0.25) is 0 Å². The monoisotopic (exact) mass is 321 g/mol. The average molecular weight is 322 g/mol. The highest BCUT2D eigenvalue weighted by molar-refractivity contribution is 9.10. The Labute approximate surface area is 121 Å². The first kappa shape index (κ1) is 13.7. The summed E-state index contributed by atoms with van der Waals surface area (Å²) in [5.41, 5.74) is 0.922. The van der Waals surface area contributed by atoms with E-state index in [0.29, 0.717) is 12.0 Å². The van der Waals surface area contributed by atoms with E-state index in [2.05, 4.69) is 55.6 Å². The molecule has 0 saturated carbocycles. The Morgan fingerprint density at radius 2 is 2.00 bits per heavy atom. The highest BCUT2D eigenvalue weighted by Gasteiger charge is 2.03. The van der Waals surface area contributed by atoms with Crippen LogP contribution in [0, 0.1) is 0 Å². The second-order valence-electron chi connectivity index (χ2n) is 4.25. The lowest BCUT2D eigenvalue weighted by molar-refractivity contribution is 0.755. The van der Waals surface area contributed by atoms with Crippen molar-refractivity contribution >= 4 is 33.4 Å². The zero-order valence-electron chi connectivity index (χ0n) is 10.9. The normalized spacial score (nSPS) is 11.9. The molecule has 5 nitrogen and oxygen atoms in total. The van der Waals surface area contributed by atoms with Gasteiger partial charge in [-0.1, -0.05) is 22.9 Å². The van der Waals surface area contributed by atoms with Crippen LogP contribution in [0.25, 0.3) is 0 Å². The molecule has 0 aliphatic heterocycles. The Balaban J connectivity index is 2.08. The molecule has 0 aliphatic rings. The van der Waals surface area contributed by atoms with Crippen molar-refractivity contribution in [2.75, 3.05) is 10.6 Å². The van der Waals surface area contributed by atoms with Gasteiger partial charge in [0.15, 0.2) is 5.82 Å². The number of halogens is 1. The summed E-state index contributed by atoms with van der Waals surface area (Å²) in [6.45, 7) is 4.22. The summed E-state index contributed by atoms with van der Waals surface area (Å²) in [6.07, 6.45) is 2.65. The fraction of sp³-hybridized carbons (Fsp3) is 0.308. The Morgan fingerprint density at radius 3 is 2.68 bits per heavy atom. The van der Waals surface area contributed by atoms with Gasteiger partial charge in [0.1, 0.15) is 0 Å². The molecule has 1 heterocycles. The van der Waals surface area contributed by atoms with Crippen LogP contribution >= 0.6 is 15.9 Å². The summed E-state index contributed by atoms with van der Waals surface area (Å²) in [5, 5.41) is 14.3. The van der Waals surface area contributed by atoms with E-state index in [1.54, 1.807) is 6.20 Å². The predicted molar refractivity (Wildman–Crippen MR) is 80.6 cm³/mol. The molecule has 1 aromatic heterocycles. The number of rotatable bonds is 5. The topological polar surface area (TPSA) is 62.7 Å². The van der Waals surface area contributed by atoms with Gasteiger partial charge in [0.05, 0.1) is 6.20 Å². The second kappa shape index (κ2) is 6.47. The first-order valence-corrected chi connectivity index (χ1v) is 6.95. The van der Waals surface area contributed by atoms with Crippen LogP contribution in [0.15, 0.2) is 34.9 Å². The summed E-state index contributed by atoms with van der Waals surface area (Å²) in [4.78, 5) is 4.37. The molecule has 0 amide bonds. The van der Waals surface area contributed by atoms with Crippen LogP contribution in [0.5, 0.6) is 0 Å². The van der Waals surface area contributed by atoms with Crippen LogP contribution in [0.4, 0.5) is 17.5 Å². The fourth-order valence-electron chi connectivity index (χ4n) is 1.44. The fourth-order valence-corrected chi connectivity index (χ4v) is 1.71. The molecule has 1 unspecified atom stereocenters. The summed E-state index contributed by atoms with van der Waals surface area (Å²) in [5.74, 6) is 1.21. The third-order valence-electron chi connectivity index (χ3n) is 2.67. The van der Waals surface area contributed by atoms with Crippen molar-refractivity contribution in [1.82, 2.24) is 15.2 Å². The van der Waals surface area contributed by atoms with Crippen LogP contribution in [0.3, 0.4) is 0 Å². The van der Waals surface area contributed by atoms with Crippen molar-refractivity contribution < 1.29 is 0 Å². The molecule has 0 radical (unpaired) electrons. The highest BCUT2D eigenvalue weighted by Crippen LogP contribution is 2.17. The molecule has 0 spiro atoms. The van der Waals surface area contributed by atoms with E-state index >= 15 is 0 Å². The molecule has 0 bridgehead atoms. The van der Waals surface area contributed by atoms with Gasteiger partial charge in [-0.2, -0.15) is 10.1 Å². The summed E-state index contributed by atoms with van der Waals surface area (Å²) in [6, 6.07) is 8.16. The van der Waals surface area contributed by atoms with Crippen LogP contribution in [-0.4, -0.2) is 21.2 Å². The van der Waals surface area contributed by atoms with E-state index in [9.17, 15) is 0 Å². The van der Waals surface area contributed by atoms with Gasteiger partial charge in [-0.15, -0.1) is 5.10 Å². The van der Waals surface area contributed by atoms with E-state index in [1.165, 1.54) is 0 Å². The third-order valence-corrected chi connectivity index (χ3v) is 3.19. The van der Waals surface area contributed by atoms with Gasteiger partial charge in [-0.3, -0.25) is 0 Å². The molecule has 0 aliphatic carbocycles. The zero-order chi connectivity index (χ0) is 13.7. The van der Waals surface area contributed by atoms with Crippen LogP contribution in [-0.2, 0) is 0 Å². The van der Waals surface area contributed by atoms with E-state index in [0.717, 1.165) is 22.4 Å². The number of benzene rings is 1. The number of nitrogens with one attached hydrogen (secondary N) is 2. The largest absolute Gasteiger partial charge is 0.366 e. The molecule has 6 heteroatoms. The molecule has 1 aromatic carbocycles. The molecular weight excluding hydrogens is 306 g/mol. The van der Waals surface area contributed by atoms with Crippen molar-refractivity contribution in [3.8, 4) is 0 Å². The maximum Gasteiger partial charge on any atom is 0.249 e. The average Bonchev–Trinajstić information content (AvgIpc) is 2.42. The van der Waals surface area contributed by atoms with Gasteiger partial charge >= 0.3 is 0 Å². The molecule has 2 rings (SSSR count). The van der Waals surface area contributed by atoms with Gasteiger partial charge in [-0.05, 0) is 37.6 Å². The van der Waals surface area contributed by atoms with Crippen molar-refractivity contribution in [3.05, 3.63) is 34.9 Å². The SMILES string of the molecule is CCC(C)Nc1cnnc(Nc2ccc(Br)cc2)n1. The molecule has 0 fully saturated rings. The van der Waals surface area contributed by atoms with Gasteiger partial charge in [0.2, 0.25) is 5.95 Å². The minimum absolute atomic E-state index is 0.359. The lowest BCUT2D eigenvalue weighted by Crippen LogP contribution is -2.15. The molecule has 19 heavy (non-hydrogen) atoms. The molecule has 2 aromatic rings. The van der Waals surface area contributed by atoms with Crippen molar-refractivity contribution in [2.45, 2.75) is 26.3 Å². The van der Waals surface area contributed by atoms with Crippen molar-refractivity contribution in [1.29, 1.82) is 0 Å². The molecule has 100 valence electrons. The van der Waals surface area contributed by atoms with Gasteiger partial charge in [-0.25, -0.2) is 0 Å². The third kappa shape index (κ3) is 4.17. The molecule has 0 saturated heterocycles. The second-order valence-corrected chi connectivity index (χ2v) is 5.17. The molecule has 1 atom stereocenters. The highest BCUT2D eigenvalue weighted by atomic mass is 79.9. The van der Waals surface area contributed by atoms with Crippen molar-refractivity contribution in [2.24, 2.45) is 0 Å². The number of hydrogen-bond acceptors (Lipinski definition) is 5. The van der Waals surface area contributed by atoms with E-state index < -0.39 is 0 Å². The lowest BCUT2D eigenvalue weighted by Gasteiger charge is -2.12. The van der Waals surface area contributed by atoms with E-state index in [1.807, 2.05) is 24.3 Å². The predicted octanol–water partition coefficient (Wildman–Crippen LogP) is 3.59. The summed E-state index contributed by atoms with van der Waals surface area (Å²) < 4.78 is 1.03. The van der Waals surface area contributed by atoms with E-state index in [4.69, 9.17) is 0 Å². The van der Waals surface area contributed by atoms with Crippen LogP contribution in [0.1, 0.15) is 20.3 Å². The van der Waals surface area contributed by atoms with Gasteiger partial charge < -0.3 is 10.6 Å². The maximum absolute atomic E-state index is 4.37. The molecule has 2 N–H and O–H groups in total. The number of aromatic nitrogens is 3. The quantitative estimate of drug-likeness (QED) is 0.881. The van der Waals surface area contributed by atoms with Crippen molar-refractivity contribution in [3.63, 3.8) is 0 Å². The first-order chi connectivity index (χ1) is 9.17. The smallest absolute Gasteiger partial charge is 0.249 e. The lowest BCUT2D eigenvalue weighted by atomic mass is 10.3.